The van der Waals surface area contributed by atoms with Gasteiger partial charge in [-0.15, -0.1) is 22.7 Å². The highest BCUT2D eigenvalue weighted by molar-refractivity contribution is 9.09. The van der Waals surface area contributed by atoms with Crippen molar-refractivity contribution in [2.24, 2.45) is 0 Å². The maximum Gasteiger partial charge on any atom is 0.261 e. The van der Waals surface area contributed by atoms with Crippen molar-refractivity contribution in [2.75, 3.05) is 6.54 Å². The number of rotatable bonds is 4. The molecule has 0 radical (unpaired) electrons. The van der Waals surface area contributed by atoms with Gasteiger partial charge in [-0.3, -0.25) is 4.79 Å². The summed E-state index contributed by atoms with van der Waals surface area (Å²) in [6.07, 6.45) is 0. The number of nitrogens with one attached hydrogen (secondary N) is 1. The number of carbonyl (C=O) groups is 1. The molecule has 2 aromatic heterocycles. The first-order chi connectivity index (χ1) is 9.74. The van der Waals surface area contributed by atoms with Crippen LogP contribution in [0.1, 0.15) is 20.1 Å². The van der Waals surface area contributed by atoms with E-state index in [1.807, 2.05) is 41.8 Å². The van der Waals surface area contributed by atoms with Gasteiger partial charge >= 0.3 is 0 Å². The lowest BCUT2D eigenvalue weighted by Gasteiger charge is -2.10. The van der Waals surface area contributed by atoms with Crippen LogP contribution in [0, 0.1) is 0 Å². The van der Waals surface area contributed by atoms with Gasteiger partial charge in [-0.2, -0.15) is 0 Å². The molecule has 1 N–H and O–H groups in total. The summed E-state index contributed by atoms with van der Waals surface area (Å²) < 4.78 is 2.36. The normalized spacial score (nSPS) is 12.4. The first kappa shape index (κ1) is 13.8. The van der Waals surface area contributed by atoms with E-state index >= 15 is 0 Å². The SMILES string of the molecule is O=C(NCC(Br)c1ccccc1)c1cc2sccc2s1. The first-order valence-electron chi connectivity index (χ1n) is 6.18. The number of alkyl halides is 1. The van der Waals surface area contributed by atoms with E-state index in [2.05, 4.69) is 27.3 Å². The van der Waals surface area contributed by atoms with Gasteiger partial charge < -0.3 is 5.32 Å². The lowest BCUT2D eigenvalue weighted by atomic mass is 10.1. The van der Waals surface area contributed by atoms with Crippen LogP contribution in [0.5, 0.6) is 0 Å². The zero-order valence-corrected chi connectivity index (χ0v) is 13.7. The standard InChI is InChI=1S/C15H12BrNOS2/c16-11(10-4-2-1-3-5-10)9-17-15(18)14-8-13-12(20-14)6-7-19-13/h1-8,11H,9H2,(H,17,18). The third kappa shape index (κ3) is 2.95. The van der Waals surface area contributed by atoms with Crippen molar-refractivity contribution >= 4 is 53.9 Å². The van der Waals surface area contributed by atoms with Gasteiger partial charge in [0.25, 0.3) is 5.91 Å². The molecule has 20 heavy (non-hydrogen) atoms. The van der Waals surface area contributed by atoms with E-state index in [0.717, 1.165) is 4.88 Å². The molecular weight excluding hydrogens is 354 g/mol. The highest BCUT2D eigenvalue weighted by Crippen LogP contribution is 2.30. The summed E-state index contributed by atoms with van der Waals surface area (Å²) in [4.78, 5) is 13.0. The van der Waals surface area contributed by atoms with E-state index in [1.165, 1.54) is 15.0 Å². The van der Waals surface area contributed by atoms with Gasteiger partial charge in [-0.25, -0.2) is 0 Å². The van der Waals surface area contributed by atoms with Gasteiger partial charge in [0.1, 0.15) is 0 Å². The van der Waals surface area contributed by atoms with E-state index in [1.54, 1.807) is 22.7 Å². The van der Waals surface area contributed by atoms with Gasteiger partial charge in [-0.1, -0.05) is 46.3 Å². The van der Waals surface area contributed by atoms with Crippen LogP contribution in [0.4, 0.5) is 0 Å². The Morgan fingerprint density at radius 3 is 2.75 bits per heavy atom. The first-order valence-corrected chi connectivity index (χ1v) is 8.79. The number of benzene rings is 1. The molecule has 3 rings (SSSR count). The fourth-order valence-electron chi connectivity index (χ4n) is 1.93. The second-order valence-corrected chi connectivity index (χ2v) is 7.48. The second-order valence-electron chi connectivity index (χ2n) is 4.35. The molecule has 1 atom stereocenters. The Hall–Kier alpha value is -1.17. The third-order valence-electron chi connectivity index (χ3n) is 2.97. The largest absolute Gasteiger partial charge is 0.350 e. The van der Waals surface area contributed by atoms with Crippen LogP contribution in [0.15, 0.2) is 47.8 Å². The molecule has 5 heteroatoms. The minimum atomic E-state index is -0.00113. The Bertz CT molecular complexity index is 691. The van der Waals surface area contributed by atoms with E-state index in [-0.39, 0.29) is 10.7 Å². The minimum absolute atomic E-state index is 0.00113. The third-order valence-corrected chi connectivity index (χ3v) is 5.91. The number of halogens is 1. The molecule has 0 spiro atoms. The van der Waals surface area contributed by atoms with Gasteiger partial charge in [0.05, 0.1) is 9.70 Å². The molecule has 0 saturated heterocycles. The lowest BCUT2D eigenvalue weighted by Crippen LogP contribution is -2.25. The Labute approximate surface area is 133 Å². The molecule has 0 saturated carbocycles. The number of fused-ring (bicyclic) bond motifs is 1. The summed E-state index contributed by atoms with van der Waals surface area (Å²) in [7, 11) is 0. The highest BCUT2D eigenvalue weighted by Gasteiger charge is 2.13. The van der Waals surface area contributed by atoms with Gasteiger partial charge in [0.15, 0.2) is 0 Å². The van der Waals surface area contributed by atoms with Crippen LogP contribution in [-0.2, 0) is 0 Å². The number of amides is 1. The molecule has 0 aliphatic heterocycles. The summed E-state index contributed by atoms with van der Waals surface area (Å²) in [5, 5.41) is 5.03. The van der Waals surface area contributed by atoms with E-state index < -0.39 is 0 Å². The second kappa shape index (κ2) is 6.08. The van der Waals surface area contributed by atoms with Crippen molar-refractivity contribution in [3.63, 3.8) is 0 Å². The molecule has 3 aromatic rings. The summed E-state index contributed by atoms with van der Waals surface area (Å²) >= 11 is 6.82. The monoisotopic (exact) mass is 365 g/mol. The van der Waals surface area contributed by atoms with Crippen LogP contribution in [0.3, 0.4) is 0 Å². The number of hydrogen-bond donors (Lipinski definition) is 1. The molecule has 2 nitrogen and oxygen atoms in total. The zero-order chi connectivity index (χ0) is 13.9. The Balaban J connectivity index is 1.63. The predicted octanol–water partition coefficient (Wildman–Crippen LogP) is 4.83. The highest BCUT2D eigenvalue weighted by atomic mass is 79.9. The Morgan fingerprint density at radius 2 is 2.00 bits per heavy atom. The zero-order valence-electron chi connectivity index (χ0n) is 10.5. The quantitative estimate of drug-likeness (QED) is 0.659. The summed E-state index contributed by atoms with van der Waals surface area (Å²) in [6, 6.07) is 14.1. The lowest BCUT2D eigenvalue weighted by molar-refractivity contribution is 0.0958. The molecule has 0 aliphatic carbocycles. The summed E-state index contributed by atoms with van der Waals surface area (Å²) in [6.45, 7) is 0.578. The molecule has 0 aliphatic rings. The molecule has 0 fully saturated rings. The van der Waals surface area contributed by atoms with Crippen LogP contribution in [0.25, 0.3) is 9.40 Å². The minimum Gasteiger partial charge on any atom is -0.350 e. The van der Waals surface area contributed by atoms with Gasteiger partial charge in [-0.05, 0) is 23.1 Å². The smallest absolute Gasteiger partial charge is 0.261 e. The summed E-state index contributed by atoms with van der Waals surface area (Å²) in [5.41, 5.74) is 1.17. The summed E-state index contributed by atoms with van der Waals surface area (Å²) in [5.74, 6) is -0.00113. The van der Waals surface area contributed by atoms with Crippen molar-refractivity contribution in [3.05, 3.63) is 58.3 Å². The predicted molar refractivity (Wildman–Crippen MR) is 90.1 cm³/mol. The molecule has 2 heterocycles. The number of thiophene rings is 2. The number of hydrogen-bond acceptors (Lipinski definition) is 3. The van der Waals surface area contributed by atoms with Crippen LogP contribution in [0.2, 0.25) is 0 Å². The topological polar surface area (TPSA) is 29.1 Å². The van der Waals surface area contributed by atoms with Crippen molar-refractivity contribution in [1.29, 1.82) is 0 Å². The average molecular weight is 366 g/mol. The van der Waals surface area contributed by atoms with Crippen molar-refractivity contribution in [1.82, 2.24) is 5.32 Å². The van der Waals surface area contributed by atoms with Crippen molar-refractivity contribution in [3.8, 4) is 0 Å². The van der Waals surface area contributed by atoms with Gasteiger partial charge in [0.2, 0.25) is 0 Å². The maximum atomic E-state index is 12.1. The number of carbonyl (C=O) groups excluding carboxylic acids is 1. The fourth-order valence-corrected chi connectivity index (χ4v) is 4.42. The van der Waals surface area contributed by atoms with Crippen molar-refractivity contribution < 1.29 is 4.79 Å². The molecular formula is C15H12BrNOS2. The van der Waals surface area contributed by atoms with Crippen LogP contribution in [-0.4, -0.2) is 12.5 Å². The Morgan fingerprint density at radius 1 is 1.20 bits per heavy atom. The molecule has 102 valence electrons. The maximum absolute atomic E-state index is 12.1. The van der Waals surface area contributed by atoms with Crippen LogP contribution >= 0.6 is 38.6 Å². The molecule has 0 bridgehead atoms. The van der Waals surface area contributed by atoms with E-state index in [0.29, 0.717) is 6.54 Å². The average Bonchev–Trinajstić information content (AvgIpc) is 3.06. The van der Waals surface area contributed by atoms with E-state index in [4.69, 9.17) is 0 Å². The van der Waals surface area contributed by atoms with E-state index in [9.17, 15) is 4.79 Å². The molecule has 1 amide bonds. The Kier molecular flexibility index (Phi) is 4.19. The molecule has 1 aromatic carbocycles. The van der Waals surface area contributed by atoms with Crippen LogP contribution < -0.4 is 5.32 Å². The van der Waals surface area contributed by atoms with Crippen molar-refractivity contribution in [2.45, 2.75) is 4.83 Å². The molecule has 1 unspecified atom stereocenters. The fraction of sp³-hybridized carbons (Fsp3) is 0.133. The van der Waals surface area contributed by atoms with Gasteiger partial charge in [0, 0.05) is 15.9 Å².